The first-order chi connectivity index (χ1) is 10.4. The predicted molar refractivity (Wildman–Crippen MR) is 85.3 cm³/mol. The maximum atomic E-state index is 5.82. The SMILES string of the molecule is NCc1ccccc1CCN1CCC(N2CCOCC2)C1. The van der Waals surface area contributed by atoms with Crippen LogP contribution < -0.4 is 5.73 Å². The molecule has 0 saturated carbocycles. The van der Waals surface area contributed by atoms with Crippen molar-refractivity contribution in [3.8, 4) is 0 Å². The molecule has 0 amide bonds. The number of hydrogen-bond donors (Lipinski definition) is 1. The van der Waals surface area contributed by atoms with Crippen LogP contribution in [0, 0.1) is 0 Å². The van der Waals surface area contributed by atoms with Crippen molar-refractivity contribution in [2.45, 2.75) is 25.4 Å². The highest BCUT2D eigenvalue weighted by atomic mass is 16.5. The van der Waals surface area contributed by atoms with Gasteiger partial charge in [0, 0.05) is 38.8 Å². The second-order valence-corrected chi connectivity index (χ2v) is 6.11. The van der Waals surface area contributed by atoms with E-state index in [4.69, 9.17) is 10.5 Å². The molecule has 0 spiro atoms. The van der Waals surface area contributed by atoms with Crippen LogP contribution in [0.25, 0.3) is 0 Å². The Labute approximate surface area is 127 Å². The average Bonchev–Trinajstić information content (AvgIpc) is 3.03. The summed E-state index contributed by atoms with van der Waals surface area (Å²) in [6, 6.07) is 9.30. The molecule has 1 aromatic carbocycles. The molecule has 1 unspecified atom stereocenters. The number of morpholine rings is 1. The molecule has 2 N–H and O–H groups in total. The van der Waals surface area contributed by atoms with Crippen molar-refractivity contribution in [2.24, 2.45) is 5.73 Å². The summed E-state index contributed by atoms with van der Waals surface area (Å²) in [6.45, 7) is 8.26. The van der Waals surface area contributed by atoms with Gasteiger partial charge in [0.15, 0.2) is 0 Å². The zero-order valence-corrected chi connectivity index (χ0v) is 12.8. The lowest BCUT2D eigenvalue weighted by molar-refractivity contribution is 0.0185. The number of rotatable bonds is 5. The first-order valence-electron chi connectivity index (χ1n) is 8.18. The zero-order chi connectivity index (χ0) is 14.5. The summed E-state index contributed by atoms with van der Waals surface area (Å²) in [5, 5.41) is 0. The molecule has 2 fully saturated rings. The van der Waals surface area contributed by atoms with Gasteiger partial charge in [0.2, 0.25) is 0 Å². The van der Waals surface area contributed by atoms with Crippen LogP contribution in [0.5, 0.6) is 0 Å². The molecule has 2 aliphatic rings. The van der Waals surface area contributed by atoms with Crippen LogP contribution in [0.15, 0.2) is 24.3 Å². The molecule has 0 aliphatic carbocycles. The maximum Gasteiger partial charge on any atom is 0.0594 e. The molecule has 116 valence electrons. The molecular formula is C17H27N3O. The van der Waals surface area contributed by atoms with E-state index in [0.717, 1.165) is 45.3 Å². The molecule has 3 rings (SSSR count). The van der Waals surface area contributed by atoms with Crippen molar-refractivity contribution in [3.63, 3.8) is 0 Å². The van der Waals surface area contributed by atoms with Crippen molar-refractivity contribution in [3.05, 3.63) is 35.4 Å². The Bertz CT molecular complexity index is 445. The summed E-state index contributed by atoms with van der Waals surface area (Å²) in [4.78, 5) is 5.21. The van der Waals surface area contributed by atoms with Gasteiger partial charge >= 0.3 is 0 Å². The molecule has 1 atom stereocenters. The minimum Gasteiger partial charge on any atom is -0.379 e. The third kappa shape index (κ3) is 3.83. The molecule has 1 aromatic rings. The first kappa shape index (κ1) is 15.0. The van der Waals surface area contributed by atoms with Gasteiger partial charge in [-0.1, -0.05) is 24.3 Å². The molecular weight excluding hydrogens is 262 g/mol. The van der Waals surface area contributed by atoms with Crippen LogP contribution in [-0.4, -0.2) is 61.8 Å². The van der Waals surface area contributed by atoms with E-state index in [2.05, 4.69) is 34.1 Å². The van der Waals surface area contributed by atoms with Gasteiger partial charge in [0.25, 0.3) is 0 Å². The Kier molecular flexibility index (Phi) is 5.25. The molecule has 4 heteroatoms. The van der Waals surface area contributed by atoms with Crippen LogP contribution >= 0.6 is 0 Å². The number of nitrogens with two attached hydrogens (primary N) is 1. The van der Waals surface area contributed by atoms with Crippen molar-refractivity contribution >= 4 is 0 Å². The molecule has 0 aromatic heterocycles. The van der Waals surface area contributed by atoms with Gasteiger partial charge in [-0.15, -0.1) is 0 Å². The van der Waals surface area contributed by atoms with Crippen molar-refractivity contribution in [1.82, 2.24) is 9.80 Å². The minimum atomic E-state index is 0.645. The lowest BCUT2D eigenvalue weighted by Crippen LogP contribution is -2.44. The Balaban J connectivity index is 1.48. The van der Waals surface area contributed by atoms with E-state index < -0.39 is 0 Å². The number of ether oxygens (including phenoxy) is 1. The van der Waals surface area contributed by atoms with E-state index in [1.165, 1.54) is 30.6 Å². The predicted octanol–water partition coefficient (Wildman–Crippen LogP) is 1.09. The van der Waals surface area contributed by atoms with Crippen molar-refractivity contribution in [1.29, 1.82) is 0 Å². The van der Waals surface area contributed by atoms with E-state index in [-0.39, 0.29) is 0 Å². The summed E-state index contributed by atoms with van der Waals surface area (Å²) in [5.41, 5.74) is 8.53. The van der Waals surface area contributed by atoms with Crippen molar-refractivity contribution < 1.29 is 4.74 Å². The van der Waals surface area contributed by atoms with Gasteiger partial charge in [0.05, 0.1) is 13.2 Å². The second kappa shape index (κ2) is 7.36. The Morgan fingerprint density at radius 2 is 1.86 bits per heavy atom. The Morgan fingerprint density at radius 3 is 2.62 bits per heavy atom. The lowest BCUT2D eigenvalue weighted by atomic mass is 10.0. The number of benzene rings is 1. The highest BCUT2D eigenvalue weighted by Gasteiger charge is 2.28. The zero-order valence-electron chi connectivity index (χ0n) is 12.8. The standard InChI is InChI=1S/C17H27N3O/c18-13-16-4-2-1-3-15(16)5-7-19-8-6-17(14-19)20-9-11-21-12-10-20/h1-4,17H,5-14,18H2. The molecule has 0 bridgehead atoms. The summed E-state index contributed by atoms with van der Waals surface area (Å²) in [5.74, 6) is 0. The van der Waals surface area contributed by atoms with Crippen molar-refractivity contribution in [2.75, 3.05) is 45.9 Å². The van der Waals surface area contributed by atoms with E-state index in [9.17, 15) is 0 Å². The average molecular weight is 289 g/mol. The van der Waals surface area contributed by atoms with Gasteiger partial charge in [0.1, 0.15) is 0 Å². The first-order valence-corrected chi connectivity index (χ1v) is 8.18. The van der Waals surface area contributed by atoms with Crippen LogP contribution in [-0.2, 0) is 17.7 Å². The Morgan fingerprint density at radius 1 is 1.10 bits per heavy atom. The third-order valence-electron chi connectivity index (χ3n) is 4.85. The van der Waals surface area contributed by atoms with Crippen LogP contribution in [0.2, 0.25) is 0 Å². The van der Waals surface area contributed by atoms with Gasteiger partial charge in [-0.25, -0.2) is 0 Å². The highest BCUT2D eigenvalue weighted by Crippen LogP contribution is 2.18. The molecule has 2 aliphatic heterocycles. The summed E-state index contributed by atoms with van der Waals surface area (Å²) >= 11 is 0. The van der Waals surface area contributed by atoms with Crippen LogP contribution in [0.4, 0.5) is 0 Å². The minimum absolute atomic E-state index is 0.645. The van der Waals surface area contributed by atoms with E-state index in [1.807, 2.05) is 0 Å². The molecule has 2 saturated heterocycles. The second-order valence-electron chi connectivity index (χ2n) is 6.11. The van der Waals surface area contributed by atoms with Crippen LogP contribution in [0.3, 0.4) is 0 Å². The molecule has 0 radical (unpaired) electrons. The lowest BCUT2D eigenvalue weighted by Gasteiger charge is -2.32. The number of hydrogen-bond acceptors (Lipinski definition) is 4. The highest BCUT2D eigenvalue weighted by molar-refractivity contribution is 5.27. The Hall–Kier alpha value is -0.940. The topological polar surface area (TPSA) is 41.7 Å². The number of nitrogens with zero attached hydrogens (tertiary/aromatic N) is 2. The fraction of sp³-hybridized carbons (Fsp3) is 0.647. The number of likely N-dealkylation sites (tertiary alicyclic amines) is 1. The smallest absolute Gasteiger partial charge is 0.0594 e. The maximum absolute atomic E-state index is 5.82. The fourth-order valence-corrected chi connectivity index (χ4v) is 3.54. The van der Waals surface area contributed by atoms with E-state index in [1.54, 1.807) is 0 Å². The van der Waals surface area contributed by atoms with Gasteiger partial charge in [-0.2, -0.15) is 0 Å². The van der Waals surface area contributed by atoms with Gasteiger partial charge < -0.3 is 15.4 Å². The van der Waals surface area contributed by atoms with E-state index >= 15 is 0 Å². The summed E-state index contributed by atoms with van der Waals surface area (Å²) in [7, 11) is 0. The molecule has 4 nitrogen and oxygen atoms in total. The summed E-state index contributed by atoms with van der Waals surface area (Å²) < 4.78 is 5.45. The largest absolute Gasteiger partial charge is 0.379 e. The quantitative estimate of drug-likeness (QED) is 0.881. The monoisotopic (exact) mass is 289 g/mol. The normalized spacial score (nSPS) is 24.5. The van der Waals surface area contributed by atoms with Crippen LogP contribution in [0.1, 0.15) is 17.5 Å². The van der Waals surface area contributed by atoms with Gasteiger partial charge in [-0.3, -0.25) is 4.90 Å². The third-order valence-corrected chi connectivity index (χ3v) is 4.85. The van der Waals surface area contributed by atoms with Gasteiger partial charge in [-0.05, 0) is 30.5 Å². The molecule has 21 heavy (non-hydrogen) atoms. The fourth-order valence-electron chi connectivity index (χ4n) is 3.54. The summed E-state index contributed by atoms with van der Waals surface area (Å²) in [6.07, 6.45) is 2.42. The van der Waals surface area contributed by atoms with E-state index in [0.29, 0.717) is 6.54 Å². The molecule has 2 heterocycles.